The number of hydrogen-bond donors (Lipinski definition) is 2. The van der Waals surface area contributed by atoms with E-state index >= 15 is 0 Å². The number of benzene rings is 1. The Morgan fingerprint density at radius 2 is 1.61 bits per heavy atom. The predicted molar refractivity (Wildman–Crippen MR) is 121 cm³/mol. The van der Waals surface area contributed by atoms with Crippen LogP contribution in [0.1, 0.15) is 49.7 Å². The molecule has 1 aromatic carbocycles. The van der Waals surface area contributed by atoms with Gasteiger partial charge in [0.05, 0.1) is 14.2 Å². The molecule has 1 saturated carbocycles. The topological polar surface area (TPSA) is 47.7 Å². The van der Waals surface area contributed by atoms with Gasteiger partial charge in [-0.05, 0) is 56.2 Å². The number of fused-ring (bicyclic) bond motifs is 1. The molecule has 0 spiro atoms. The van der Waals surface area contributed by atoms with Crippen molar-refractivity contribution in [2.24, 2.45) is 5.92 Å². The number of hydrogen-bond acceptors (Lipinski definition) is 3. The van der Waals surface area contributed by atoms with Crippen LogP contribution in [0.2, 0.25) is 0 Å². The van der Waals surface area contributed by atoms with Crippen LogP contribution in [0.25, 0.3) is 0 Å². The number of quaternary nitrogens is 2. The van der Waals surface area contributed by atoms with Crippen molar-refractivity contribution in [1.29, 1.82) is 0 Å². The number of methoxy groups -OCH3 is 2. The smallest absolute Gasteiger partial charge is 0.278 e. The fourth-order valence-electron chi connectivity index (χ4n) is 6.04. The van der Waals surface area contributed by atoms with Crippen molar-refractivity contribution in [2.75, 3.05) is 53.5 Å². The van der Waals surface area contributed by atoms with E-state index in [9.17, 15) is 4.79 Å². The molecule has 0 aromatic heterocycles. The van der Waals surface area contributed by atoms with E-state index in [-0.39, 0.29) is 0 Å². The van der Waals surface area contributed by atoms with Gasteiger partial charge >= 0.3 is 0 Å². The SMILES string of the molecule is COc1cc(C)c(C[NH+]2CC[NH+](CC(=O)N3CCC[C@@H]4CCCC[C@@H]43)CC2)cc1OC. The summed E-state index contributed by atoms with van der Waals surface area (Å²) in [5, 5.41) is 0. The summed E-state index contributed by atoms with van der Waals surface area (Å²) in [6.07, 6.45) is 7.76. The van der Waals surface area contributed by atoms with E-state index in [2.05, 4.69) is 24.0 Å². The van der Waals surface area contributed by atoms with Gasteiger partial charge in [-0.2, -0.15) is 0 Å². The van der Waals surface area contributed by atoms with Crippen LogP contribution in [0.3, 0.4) is 0 Å². The summed E-state index contributed by atoms with van der Waals surface area (Å²) >= 11 is 0. The van der Waals surface area contributed by atoms with Crippen molar-refractivity contribution < 1.29 is 24.1 Å². The van der Waals surface area contributed by atoms with Crippen molar-refractivity contribution in [3.63, 3.8) is 0 Å². The second-order valence-electron chi connectivity index (χ2n) is 9.83. The molecule has 172 valence electrons. The molecule has 2 saturated heterocycles. The largest absolute Gasteiger partial charge is 0.493 e. The fraction of sp³-hybridized carbons (Fsp3) is 0.720. The molecule has 6 heteroatoms. The highest BCUT2D eigenvalue weighted by atomic mass is 16.5. The zero-order chi connectivity index (χ0) is 21.8. The Labute approximate surface area is 187 Å². The van der Waals surface area contributed by atoms with E-state index < -0.39 is 0 Å². The number of carbonyl (C=O) groups is 1. The maximum atomic E-state index is 13.1. The van der Waals surface area contributed by atoms with E-state index in [0.717, 1.165) is 56.7 Å². The van der Waals surface area contributed by atoms with Gasteiger partial charge in [0, 0.05) is 18.2 Å². The molecule has 2 atom stereocenters. The van der Waals surface area contributed by atoms with Crippen LogP contribution in [0, 0.1) is 12.8 Å². The lowest BCUT2D eigenvalue weighted by molar-refractivity contribution is -1.02. The van der Waals surface area contributed by atoms with Crippen LogP contribution in [-0.4, -0.2) is 70.3 Å². The molecule has 0 radical (unpaired) electrons. The molecule has 2 aliphatic heterocycles. The Bertz CT molecular complexity index is 759. The lowest BCUT2D eigenvalue weighted by Crippen LogP contribution is -3.28. The molecule has 2 N–H and O–H groups in total. The minimum absolute atomic E-state index is 0.408. The van der Waals surface area contributed by atoms with Crippen molar-refractivity contribution in [3.05, 3.63) is 23.3 Å². The number of carbonyl (C=O) groups excluding carboxylic acids is 1. The van der Waals surface area contributed by atoms with Gasteiger partial charge in [-0.3, -0.25) is 4.79 Å². The number of piperazine rings is 1. The van der Waals surface area contributed by atoms with Crippen molar-refractivity contribution in [3.8, 4) is 11.5 Å². The third-order valence-corrected chi connectivity index (χ3v) is 7.91. The molecular formula is C25H41N3O3+2. The van der Waals surface area contributed by atoms with Gasteiger partial charge in [0.25, 0.3) is 5.91 Å². The fourth-order valence-corrected chi connectivity index (χ4v) is 6.04. The monoisotopic (exact) mass is 431 g/mol. The van der Waals surface area contributed by atoms with Gasteiger partial charge in [0.1, 0.15) is 32.7 Å². The maximum absolute atomic E-state index is 13.1. The van der Waals surface area contributed by atoms with E-state index in [1.165, 1.54) is 54.6 Å². The van der Waals surface area contributed by atoms with E-state index in [1.807, 2.05) is 0 Å². The Hall–Kier alpha value is -1.79. The Morgan fingerprint density at radius 3 is 2.35 bits per heavy atom. The lowest BCUT2D eigenvalue weighted by atomic mass is 9.78. The van der Waals surface area contributed by atoms with Crippen LogP contribution in [-0.2, 0) is 11.3 Å². The summed E-state index contributed by atoms with van der Waals surface area (Å²) in [5.41, 5.74) is 2.58. The highest BCUT2D eigenvalue weighted by molar-refractivity contribution is 5.77. The normalized spacial score (nSPS) is 28.7. The second kappa shape index (κ2) is 10.2. The molecule has 1 amide bonds. The Morgan fingerprint density at radius 1 is 0.968 bits per heavy atom. The van der Waals surface area contributed by atoms with Crippen LogP contribution in [0.4, 0.5) is 0 Å². The van der Waals surface area contributed by atoms with Gasteiger partial charge in [0.15, 0.2) is 18.0 Å². The molecule has 1 aromatic rings. The van der Waals surface area contributed by atoms with Gasteiger partial charge in [-0.15, -0.1) is 0 Å². The number of aryl methyl sites for hydroxylation is 1. The number of amides is 1. The number of piperidine rings is 1. The standard InChI is InChI=1S/C25H39N3O3/c1-19-15-23(30-2)24(31-3)16-21(19)17-26-11-13-27(14-12-26)18-25(29)28-10-6-8-20-7-4-5-9-22(20)28/h15-16,20,22H,4-14,17-18H2,1-3H3/p+2/t20-,22-/m0/s1. The summed E-state index contributed by atoms with van der Waals surface area (Å²) in [6, 6.07) is 4.74. The summed E-state index contributed by atoms with van der Waals surface area (Å²) in [4.78, 5) is 18.5. The Balaban J connectivity index is 1.28. The number of rotatable bonds is 6. The first kappa shape index (κ1) is 22.4. The lowest BCUT2D eigenvalue weighted by Gasteiger charge is -2.44. The molecule has 4 rings (SSSR count). The second-order valence-corrected chi connectivity index (χ2v) is 9.83. The molecule has 3 aliphatic rings. The minimum atomic E-state index is 0.408. The average Bonchev–Trinajstić information content (AvgIpc) is 2.80. The third-order valence-electron chi connectivity index (χ3n) is 7.91. The summed E-state index contributed by atoms with van der Waals surface area (Å²) in [6.45, 7) is 9.21. The highest BCUT2D eigenvalue weighted by Crippen LogP contribution is 2.35. The number of ether oxygens (including phenoxy) is 2. The molecule has 31 heavy (non-hydrogen) atoms. The summed E-state index contributed by atoms with van der Waals surface area (Å²) in [5.74, 6) is 2.78. The molecule has 3 fully saturated rings. The van der Waals surface area contributed by atoms with Gasteiger partial charge in [-0.25, -0.2) is 0 Å². The zero-order valence-electron chi connectivity index (χ0n) is 19.7. The average molecular weight is 432 g/mol. The number of likely N-dealkylation sites (tertiary alicyclic amines) is 1. The van der Waals surface area contributed by atoms with E-state index in [0.29, 0.717) is 18.5 Å². The van der Waals surface area contributed by atoms with Gasteiger partial charge in [0.2, 0.25) is 0 Å². The van der Waals surface area contributed by atoms with Crippen molar-refractivity contribution in [1.82, 2.24) is 4.90 Å². The number of nitrogens with zero attached hydrogens (tertiary/aromatic N) is 1. The van der Waals surface area contributed by atoms with Gasteiger partial charge < -0.3 is 24.2 Å². The van der Waals surface area contributed by atoms with Crippen molar-refractivity contribution in [2.45, 2.75) is 58.0 Å². The first-order valence-corrected chi connectivity index (χ1v) is 12.3. The Kier molecular flexibility index (Phi) is 7.39. The molecule has 0 bridgehead atoms. The molecule has 2 heterocycles. The van der Waals surface area contributed by atoms with Crippen LogP contribution in [0.15, 0.2) is 12.1 Å². The summed E-state index contributed by atoms with van der Waals surface area (Å²) < 4.78 is 10.9. The van der Waals surface area contributed by atoms with Crippen LogP contribution >= 0.6 is 0 Å². The van der Waals surface area contributed by atoms with E-state index in [1.54, 1.807) is 19.1 Å². The summed E-state index contributed by atoms with van der Waals surface area (Å²) in [7, 11) is 3.38. The minimum Gasteiger partial charge on any atom is -0.493 e. The molecule has 6 nitrogen and oxygen atoms in total. The zero-order valence-corrected chi connectivity index (χ0v) is 19.7. The third kappa shape index (κ3) is 5.17. The first-order chi connectivity index (χ1) is 15.1. The highest BCUT2D eigenvalue weighted by Gasteiger charge is 2.37. The quantitative estimate of drug-likeness (QED) is 0.689. The maximum Gasteiger partial charge on any atom is 0.278 e. The first-order valence-electron chi connectivity index (χ1n) is 12.3. The van der Waals surface area contributed by atoms with Gasteiger partial charge in [-0.1, -0.05) is 12.8 Å². The molecule has 1 aliphatic carbocycles. The van der Waals surface area contributed by atoms with Crippen LogP contribution < -0.4 is 19.3 Å². The number of nitrogens with one attached hydrogen (secondary N) is 2. The van der Waals surface area contributed by atoms with E-state index in [4.69, 9.17) is 9.47 Å². The van der Waals surface area contributed by atoms with Crippen molar-refractivity contribution >= 4 is 5.91 Å². The van der Waals surface area contributed by atoms with Crippen LogP contribution in [0.5, 0.6) is 11.5 Å². The molecular weight excluding hydrogens is 390 g/mol. The molecule has 0 unspecified atom stereocenters. The predicted octanol–water partition coefficient (Wildman–Crippen LogP) is 0.477.